The molecule has 2 aromatic heterocycles. The van der Waals surface area contributed by atoms with Crippen molar-refractivity contribution < 1.29 is 0 Å². The number of aryl methyl sites for hydroxylation is 2. The van der Waals surface area contributed by atoms with Crippen molar-refractivity contribution in [1.82, 2.24) is 24.3 Å². The van der Waals surface area contributed by atoms with Gasteiger partial charge in [-0.3, -0.25) is 0 Å². The molecule has 164 valence electrons. The Morgan fingerprint density at radius 1 is 0.647 bits per heavy atom. The topological polar surface area (TPSA) is 48.5 Å². The maximum Gasteiger partial charge on any atom is 0.165 e. The molecule has 0 saturated heterocycles. The fraction of sp³-hybridized carbons (Fsp3) is 0.0690. The van der Waals surface area contributed by atoms with Crippen LogP contribution in [0.1, 0.15) is 5.82 Å². The number of nitrogens with zero attached hydrogens (tertiary/aromatic N) is 5. The zero-order chi connectivity index (χ0) is 23.1. The summed E-state index contributed by atoms with van der Waals surface area (Å²) in [5.41, 5.74) is 8.46. The summed E-state index contributed by atoms with van der Waals surface area (Å²) < 4.78 is 4.09. The molecule has 0 atom stereocenters. The summed E-state index contributed by atoms with van der Waals surface area (Å²) in [7, 11) is 2.04. The largest absolute Gasteiger partial charge is 0.331 e. The maximum absolute atomic E-state index is 4.75. The summed E-state index contributed by atoms with van der Waals surface area (Å²) in [6, 6.07) is 33.5. The molecule has 0 radical (unpaired) electrons. The molecular weight excluding hydrogens is 418 g/mol. The Morgan fingerprint density at radius 2 is 1.24 bits per heavy atom. The predicted molar refractivity (Wildman–Crippen MR) is 137 cm³/mol. The molecule has 0 N–H and O–H groups in total. The highest BCUT2D eigenvalue weighted by atomic mass is 15.3. The van der Waals surface area contributed by atoms with Gasteiger partial charge in [0.1, 0.15) is 12.2 Å². The molecule has 6 rings (SSSR count). The van der Waals surface area contributed by atoms with E-state index < -0.39 is 0 Å². The van der Waals surface area contributed by atoms with E-state index in [4.69, 9.17) is 15.1 Å². The van der Waals surface area contributed by atoms with Gasteiger partial charge in [0.25, 0.3) is 0 Å². The second-order valence-corrected chi connectivity index (χ2v) is 8.32. The third kappa shape index (κ3) is 3.21. The van der Waals surface area contributed by atoms with Crippen LogP contribution in [0.2, 0.25) is 0 Å². The summed E-state index contributed by atoms with van der Waals surface area (Å²) in [6.45, 7) is 2.02. The number of imidazole rings is 1. The molecule has 4 aromatic carbocycles. The van der Waals surface area contributed by atoms with E-state index in [1.165, 1.54) is 0 Å². The summed E-state index contributed by atoms with van der Waals surface area (Å²) >= 11 is 0. The SMILES string of the molecule is Cc1nc2cccc(-c3ncnn3-c3c(-c4ccccc4)cccc3-c3ccccc3)c2n1C. The van der Waals surface area contributed by atoms with Gasteiger partial charge in [-0.25, -0.2) is 14.6 Å². The first-order chi connectivity index (χ1) is 16.7. The van der Waals surface area contributed by atoms with Crippen LogP contribution in [-0.4, -0.2) is 24.3 Å². The van der Waals surface area contributed by atoms with Crippen LogP contribution in [0.4, 0.5) is 0 Å². The lowest BCUT2D eigenvalue weighted by molar-refractivity contribution is 0.877. The quantitative estimate of drug-likeness (QED) is 0.315. The molecular formula is C29H23N5. The first kappa shape index (κ1) is 20.1. The molecule has 0 bridgehead atoms. The molecule has 34 heavy (non-hydrogen) atoms. The van der Waals surface area contributed by atoms with Gasteiger partial charge in [-0.05, 0) is 30.2 Å². The first-order valence-electron chi connectivity index (χ1n) is 11.3. The minimum Gasteiger partial charge on any atom is -0.331 e. The lowest BCUT2D eigenvalue weighted by atomic mass is 9.95. The Morgan fingerprint density at radius 3 is 1.88 bits per heavy atom. The van der Waals surface area contributed by atoms with Crippen molar-refractivity contribution in [1.29, 1.82) is 0 Å². The van der Waals surface area contributed by atoms with E-state index in [2.05, 4.69) is 77.4 Å². The maximum atomic E-state index is 4.75. The van der Waals surface area contributed by atoms with Gasteiger partial charge in [0.15, 0.2) is 5.82 Å². The van der Waals surface area contributed by atoms with Crippen molar-refractivity contribution in [3.8, 4) is 39.3 Å². The lowest BCUT2D eigenvalue weighted by Crippen LogP contribution is -2.05. The minimum atomic E-state index is 0.786. The van der Waals surface area contributed by atoms with Crippen molar-refractivity contribution in [2.45, 2.75) is 6.92 Å². The first-order valence-corrected chi connectivity index (χ1v) is 11.3. The fourth-order valence-corrected chi connectivity index (χ4v) is 4.63. The Bertz CT molecular complexity index is 1550. The predicted octanol–water partition coefficient (Wildman–Crippen LogP) is 6.46. The average molecular weight is 442 g/mol. The number of aromatic nitrogens is 5. The van der Waals surface area contributed by atoms with Crippen molar-refractivity contribution >= 4 is 11.0 Å². The van der Waals surface area contributed by atoms with Gasteiger partial charge < -0.3 is 4.57 Å². The van der Waals surface area contributed by atoms with Crippen LogP contribution >= 0.6 is 0 Å². The second-order valence-electron chi connectivity index (χ2n) is 8.32. The van der Waals surface area contributed by atoms with Gasteiger partial charge in [0.05, 0.1) is 16.7 Å². The third-order valence-corrected chi connectivity index (χ3v) is 6.32. The number of hydrogen-bond donors (Lipinski definition) is 0. The molecule has 0 fully saturated rings. The average Bonchev–Trinajstić information content (AvgIpc) is 3.49. The highest BCUT2D eigenvalue weighted by molar-refractivity contribution is 5.92. The summed E-state index contributed by atoms with van der Waals surface area (Å²) in [5, 5.41) is 4.75. The van der Waals surface area contributed by atoms with E-state index in [-0.39, 0.29) is 0 Å². The van der Waals surface area contributed by atoms with Crippen LogP contribution in [-0.2, 0) is 7.05 Å². The Hall–Kier alpha value is -4.51. The summed E-state index contributed by atoms with van der Waals surface area (Å²) in [4.78, 5) is 9.47. The van der Waals surface area contributed by atoms with Gasteiger partial charge in [0.2, 0.25) is 0 Å². The number of para-hydroxylation sites is 2. The van der Waals surface area contributed by atoms with Gasteiger partial charge in [-0.2, -0.15) is 5.10 Å². The van der Waals surface area contributed by atoms with Gasteiger partial charge in [-0.15, -0.1) is 0 Å². The number of benzene rings is 4. The molecule has 0 aliphatic carbocycles. The van der Waals surface area contributed by atoms with Crippen molar-refractivity contribution in [3.05, 3.63) is 109 Å². The third-order valence-electron chi connectivity index (χ3n) is 6.32. The molecule has 5 nitrogen and oxygen atoms in total. The van der Waals surface area contributed by atoms with E-state index in [1.54, 1.807) is 6.33 Å². The molecule has 0 amide bonds. The lowest BCUT2D eigenvalue weighted by Gasteiger charge is -2.17. The van der Waals surface area contributed by atoms with Crippen molar-refractivity contribution in [3.63, 3.8) is 0 Å². The minimum absolute atomic E-state index is 0.786. The fourth-order valence-electron chi connectivity index (χ4n) is 4.63. The van der Waals surface area contributed by atoms with Crippen LogP contribution in [0.15, 0.2) is 103 Å². The summed E-state index contributed by atoms with van der Waals surface area (Å²) in [6.07, 6.45) is 1.63. The van der Waals surface area contributed by atoms with E-state index in [0.29, 0.717) is 0 Å². The highest BCUT2D eigenvalue weighted by Gasteiger charge is 2.21. The summed E-state index contributed by atoms with van der Waals surface area (Å²) in [5.74, 6) is 1.75. The van der Waals surface area contributed by atoms with Gasteiger partial charge in [-0.1, -0.05) is 84.9 Å². The smallest absolute Gasteiger partial charge is 0.165 e. The van der Waals surface area contributed by atoms with Crippen molar-refractivity contribution in [2.75, 3.05) is 0 Å². The highest BCUT2D eigenvalue weighted by Crippen LogP contribution is 2.38. The van der Waals surface area contributed by atoms with E-state index >= 15 is 0 Å². The molecule has 0 aliphatic heterocycles. The van der Waals surface area contributed by atoms with Crippen molar-refractivity contribution in [2.24, 2.45) is 7.05 Å². The number of fused-ring (bicyclic) bond motifs is 1. The molecule has 0 unspecified atom stereocenters. The normalized spacial score (nSPS) is 11.2. The standard InChI is InChI=1S/C29H23N5/c1-20-32-26-18-10-17-25(28(26)33(20)2)29-30-19-31-34(29)27-23(21-11-5-3-6-12-21)15-9-16-24(27)22-13-7-4-8-14-22/h3-19H,1-2H3. The van der Waals surface area contributed by atoms with Crippen LogP contribution in [0.3, 0.4) is 0 Å². The Kier molecular flexibility index (Phi) is 4.81. The number of hydrogen-bond acceptors (Lipinski definition) is 3. The zero-order valence-electron chi connectivity index (χ0n) is 19.1. The molecule has 6 aromatic rings. The van der Waals surface area contributed by atoms with E-state index in [1.807, 2.05) is 42.9 Å². The van der Waals surface area contributed by atoms with Crippen LogP contribution in [0.25, 0.3) is 50.4 Å². The van der Waals surface area contributed by atoms with E-state index in [0.717, 1.165) is 56.2 Å². The van der Waals surface area contributed by atoms with Crippen LogP contribution in [0.5, 0.6) is 0 Å². The molecule has 0 saturated carbocycles. The molecule has 0 spiro atoms. The monoisotopic (exact) mass is 441 g/mol. The second kappa shape index (κ2) is 8.12. The van der Waals surface area contributed by atoms with Gasteiger partial charge in [0, 0.05) is 23.7 Å². The van der Waals surface area contributed by atoms with Crippen LogP contribution < -0.4 is 0 Å². The Labute approximate surface area is 198 Å². The van der Waals surface area contributed by atoms with E-state index in [9.17, 15) is 0 Å². The number of rotatable bonds is 4. The molecule has 2 heterocycles. The van der Waals surface area contributed by atoms with Gasteiger partial charge >= 0.3 is 0 Å². The van der Waals surface area contributed by atoms with Crippen LogP contribution in [0, 0.1) is 6.92 Å². The molecule has 5 heteroatoms. The zero-order valence-corrected chi connectivity index (χ0v) is 19.1. The molecule has 0 aliphatic rings. The Balaban J connectivity index is 1.67.